The van der Waals surface area contributed by atoms with E-state index in [2.05, 4.69) is 139 Å². The van der Waals surface area contributed by atoms with Crippen molar-refractivity contribution < 1.29 is 31.4 Å². The summed E-state index contributed by atoms with van der Waals surface area (Å²) in [6, 6.07) is 14.3. The molecule has 0 fully saturated rings. The van der Waals surface area contributed by atoms with Crippen molar-refractivity contribution in [3.63, 3.8) is 0 Å². The van der Waals surface area contributed by atoms with Crippen LogP contribution in [0.1, 0.15) is 737 Å². The molecule has 0 bridgehead atoms. The number of hydrogen-bond donors (Lipinski definition) is 2. The van der Waals surface area contributed by atoms with Crippen molar-refractivity contribution in [3.05, 3.63) is 111 Å². The minimum absolute atomic E-state index is 0. The smallest absolute Gasteiger partial charge is 0.211 e. The molecule has 2 aromatic rings. The van der Waals surface area contributed by atoms with E-state index in [1.54, 1.807) is 4.70 Å². The van der Waals surface area contributed by atoms with Gasteiger partial charge in [-0.05, 0) is 163 Å². The normalized spacial score (nSPS) is 12.0. The quantitative estimate of drug-likeness (QED) is 0.0228. The van der Waals surface area contributed by atoms with E-state index in [-0.39, 0.29) is 16.5 Å². The van der Waals surface area contributed by atoms with Crippen molar-refractivity contribution in [1.29, 1.82) is 0 Å². The predicted octanol–water partition coefficient (Wildman–Crippen LogP) is 47.7. The van der Waals surface area contributed by atoms with Gasteiger partial charge in [0.2, 0.25) is 11.4 Å². The molecule has 0 aromatic heterocycles. The summed E-state index contributed by atoms with van der Waals surface area (Å²) >= 11 is 0. The predicted molar refractivity (Wildman–Crippen MR) is 645 cm³/mol. The molecule has 0 amide bonds. The van der Waals surface area contributed by atoms with Crippen molar-refractivity contribution in [2.75, 3.05) is 13.2 Å². The first kappa shape index (κ1) is 141. The van der Waals surface area contributed by atoms with Crippen molar-refractivity contribution in [3.8, 4) is 23.7 Å². The van der Waals surface area contributed by atoms with Crippen molar-refractivity contribution in [2.45, 2.75) is 729 Å². The summed E-state index contributed by atoms with van der Waals surface area (Å²) in [5.74, 6) is 14.8. The van der Waals surface area contributed by atoms with Crippen LogP contribution >= 0.6 is 0 Å². The van der Waals surface area contributed by atoms with Gasteiger partial charge in [-0.3, -0.25) is 0 Å². The molecule has 1 heterocycles. The van der Waals surface area contributed by atoms with Crippen LogP contribution in [0.5, 0.6) is 0 Å². The number of aryl methyl sites for hydroxylation is 2. The molecule has 0 spiro atoms. The Kier molecular flexibility index (Phi) is 117. The number of benzene rings is 2. The fourth-order valence-corrected chi connectivity index (χ4v) is 21.6. The molecule has 144 heavy (non-hydrogen) atoms. The average molecular weight is 2040 g/mol. The molecule has 1 aliphatic rings. The molecule has 0 atom stereocenters. The summed E-state index contributed by atoms with van der Waals surface area (Å²) in [5, 5.41) is 16.1. The minimum Gasteiger partial charge on any atom is -0.493 e. The summed E-state index contributed by atoms with van der Waals surface area (Å²) in [4.78, 5) is 0. The molecule has 0 saturated heterocycles. The van der Waals surface area contributed by atoms with E-state index in [9.17, 15) is 5.53 Å². The second-order valence-electron chi connectivity index (χ2n) is 45.0. The zero-order valence-corrected chi connectivity index (χ0v) is 99.3. The largest absolute Gasteiger partial charge is 0.493 e. The van der Waals surface area contributed by atoms with Crippen LogP contribution in [0.4, 0.5) is 0 Å². The summed E-state index contributed by atoms with van der Waals surface area (Å²) in [5.41, 5.74) is 25.1. The second kappa shape index (κ2) is 120. The van der Waals surface area contributed by atoms with Gasteiger partial charge in [0.25, 0.3) is 0 Å². The number of aliphatic hydroxyl groups excluding tert-OH is 2. The molecule has 1 aliphatic heterocycles. The van der Waals surface area contributed by atoms with E-state index in [1.165, 1.54) is 604 Å². The first-order valence-corrected chi connectivity index (χ1v) is 65.5. The van der Waals surface area contributed by atoms with E-state index in [0.717, 1.165) is 127 Å². The van der Waals surface area contributed by atoms with E-state index in [0.29, 0.717) is 13.2 Å². The Morgan fingerprint density at radius 3 is 0.646 bits per heavy atom. The van der Waals surface area contributed by atoms with Crippen LogP contribution in [-0.2, 0) is 42.2 Å². The van der Waals surface area contributed by atoms with Gasteiger partial charge in [0, 0.05) is 78.2 Å². The van der Waals surface area contributed by atoms with Crippen molar-refractivity contribution >= 4 is 11.4 Å². The SMILES string of the molecule is CCCCCCCCCCCCCCCCCCCC#CCCc1cccc(C2=CC(CCCCCCCCCCCCCCCCCCC)=C(c3cccc(CCC#CCCCCCCCCCCCCCCCCCCC)c3CCCCC=CCCCCCCCCCCCCCCCCCCC)[N+]2=[N-])c1CCCCC=CCCCCCCCCCCCCCCCCCCC.CCCCO.CCCCO.[Ni]. The summed E-state index contributed by atoms with van der Waals surface area (Å²) in [6.07, 6.45) is 155. The molecule has 4 nitrogen and oxygen atoms in total. The molecule has 0 radical (unpaired) electrons. The number of hydrogen-bond acceptors (Lipinski definition) is 2. The molecule has 2 aromatic carbocycles. The van der Waals surface area contributed by atoms with E-state index in [1.807, 2.05) is 0 Å². The molecule has 0 saturated carbocycles. The van der Waals surface area contributed by atoms with Crippen LogP contribution in [0.3, 0.4) is 0 Å². The molecule has 3 rings (SSSR count). The first-order valence-electron chi connectivity index (χ1n) is 65.5. The Bertz CT molecular complexity index is 3190. The van der Waals surface area contributed by atoms with Gasteiger partial charge in [-0.1, -0.05) is 624 Å². The van der Waals surface area contributed by atoms with Gasteiger partial charge >= 0.3 is 0 Å². The zero-order valence-electron chi connectivity index (χ0n) is 98.3. The maximum absolute atomic E-state index is 13.5. The third-order valence-electron chi connectivity index (χ3n) is 31.2. The van der Waals surface area contributed by atoms with Crippen LogP contribution in [0.2, 0.25) is 0 Å². The van der Waals surface area contributed by atoms with E-state index in [4.69, 9.17) is 10.2 Å². The monoisotopic (exact) mass is 2040 g/mol. The van der Waals surface area contributed by atoms with Crippen LogP contribution in [0, 0.1) is 23.7 Å². The Morgan fingerprint density at radius 1 is 0.215 bits per heavy atom. The average Bonchev–Trinajstić information content (AvgIpc) is 1.61. The summed E-state index contributed by atoms with van der Waals surface area (Å²) in [6.45, 7) is 16.4. The molecule has 0 unspecified atom stereocenters. The van der Waals surface area contributed by atoms with E-state index < -0.39 is 0 Å². The van der Waals surface area contributed by atoms with Crippen molar-refractivity contribution in [2.24, 2.45) is 0 Å². The van der Waals surface area contributed by atoms with Crippen molar-refractivity contribution in [1.82, 2.24) is 0 Å². The topological polar surface area (TPSA) is 65.8 Å². The third kappa shape index (κ3) is 93.4. The molecule has 838 valence electrons. The number of nitrogens with zero attached hydrogens (tertiary/aromatic N) is 2. The van der Waals surface area contributed by atoms with Crippen LogP contribution in [-0.4, -0.2) is 28.1 Å². The van der Waals surface area contributed by atoms with Gasteiger partial charge in [0.05, 0.1) is 0 Å². The molecule has 0 aliphatic carbocycles. The molecular weight excluding hydrogens is 1790 g/mol. The van der Waals surface area contributed by atoms with Crippen LogP contribution in [0.15, 0.2) is 72.4 Å². The first-order chi connectivity index (χ1) is 70.9. The van der Waals surface area contributed by atoms with E-state index >= 15 is 0 Å². The fourth-order valence-electron chi connectivity index (χ4n) is 21.6. The number of aliphatic hydroxyl groups is 2. The Labute approximate surface area is 913 Å². The second-order valence-corrected chi connectivity index (χ2v) is 45.0. The number of allylic oxidation sites excluding steroid dienone is 6. The van der Waals surface area contributed by atoms with Gasteiger partial charge < -0.3 is 15.7 Å². The number of rotatable bonds is 108. The number of unbranched alkanes of at least 4 members (excludes halogenated alkanes) is 90. The maximum atomic E-state index is 13.5. The van der Waals surface area contributed by atoms with Crippen LogP contribution in [0.25, 0.3) is 16.9 Å². The van der Waals surface area contributed by atoms with Crippen LogP contribution < -0.4 is 0 Å². The molecule has 5 heteroatoms. The van der Waals surface area contributed by atoms with Gasteiger partial charge in [0.15, 0.2) is 0 Å². The van der Waals surface area contributed by atoms with Gasteiger partial charge in [-0.15, -0.1) is 23.7 Å². The van der Waals surface area contributed by atoms with Gasteiger partial charge in [-0.2, -0.15) is 0 Å². The Morgan fingerprint density at radius 2 is 0.410 bits per heavy atom. The maximum Gasteiger partial charge on any atom is 0.211 e. The summed E-state index contributed by atoms with van der Waals surface area (Å²) in [7, 11) is 0. The van der Waals surface area contributed by atoms with Gasteiger partial charge in [0.1, 0.15) is 0 Å². The third-order valence-corrected chi connectivity index (χ3v) is 31.2. The summed E-state index contributed by atoms with van der Waals surface area (Å²) < 4.78 is 1.72. The standard InChI is InChI=1S/C131H230N2.2C4H10O.Ni/c1-6-11-16-21-26-31-36-41-46-51-55-59-61-65-69-74-79-84-89-94-99-104-109-118-126-123(113-106-101-96-91-86-81-76-72-67-63-57-53-48-43-38-33-28-23-18-13-8-3)116-111-120-128(126)130-122-125(115-108-103-98-93-88-83-78-71-50-45-40-35-30-25-20-15-10-5)131(133(130)132)129-121-112-117-124(114-107-102-97-92-87-82-77-73-68-64-58-54-49-44-39-34-29-24-19-14-9-4)127(129)119-110-105-100-95-90-85-80-75-70-66-62-60-56-52-47-42-37-32-27-22-17-12-7-2;2*1-2-3-4-5;/h89-90,94-95,111-112,116-117,120-122H,6-88,91-93,98-100,103-110,113-115,118-119H2,1-5H3;2*5H,2-4H2,1H3;. The Hall–Kier alpha value is -3.47. The Balaban J connectivity index is 0.0000176. The minimum atomic E-state index is 0. The molecule has 2 N–H and O–H groups in total. The van der Waals surface area contributed by atoms with Gasteiger partial charge in [-0.25, -0.2) is 4.70 Å². The fraction of sp³-hybridized carbons (Fsp3) is 0.827. The molecular formula is C139H250N2NiO2. The zero-order chi connectivity index (χ0) is 103.